The van der Waals surface area contributed by atoms with E-state index in [0.29, 0.717) is 12.1 Å². The quantitative estimate of drug-likeness (QED) is 0.739. The number of aliphatic hydroxyl groups excluding tert-OH is 1. The molecule has 3 rings (SSSR count). The SMILES string of the molecule is CCCCc1nc2ccccc2n1C[C@@H](O)c1ccccc1F. The Balaban J connectivity index is 1.96. The van der Waals surface area contributed by atoms with Crippen molar-refractivity contribution in [2.24, 2.45) is 0 Å². The molecule has 3 nitrogen and oxygen atoms in total. The van der Waals surface area contributed by atoms with Crippen LogP contribution in [0.1, 0.15) is 37.3 Å². The maximum Gasteiger partial charge on any atom is 0.129 e. The highest BCUT2D eigenvalue weighted by molar-refractivity contribution is 5.75. The Labute approximate surface area is 135 Å². The van der Waals surface area contributed by atoms with E-state index in [-0.39, 0.29) is 5.82 Å². The van der Waals surface area contributed by atoms with Crippen molar-refractivity contribution in [3.05, 3.63) is 65.7 Å². The van der Waals surface area contributed by atoms with E-state index < -0.39 is 6.10 Å². The van der Waals surface area contributed by atoms with Crippen molar-refractivity contribution in [2.45, 2.75) is 38.8 Å². The molecule has 0 aliphatic heterocycles. The van der Waals surface area contributed by atoms with Crippen molar-refractivity contribution in [1.29, 1.82) is 0 Å². The second-order valence-electron chi connectivity index (χ2n) is 5.77. The summed E-state index contributed by atoms with van der Waals surface area (Å²) in [5.74, 6) is 0.572. The average molecular weight is 312 g/mol. The molecule has 4 heteroatoms. The molecule has 0 saturated carbocycles. The van der Waals surface area contributed by atoms with Crippen molar-refractivity contribution in [3.8, 4) is 0 Å². The number of benzene rings is 2. The first kappa shape index (κ1) is 15.7. The van der Waals surface area contributed by atoms with E-state index in [1.165, 1.54) is 6.07 Å². The number of aliphatic hydroxyl groups is 1. The highest BCUT2D eigenvalue weighted by Gasteiger charge is 2.17. The van der Waals surface area contributed by atoms with Crippen LogP contribution in [-0.4, -0.2) is 14.7 Å². The summed E-state index contributed by atoms with van der Waals surface area (Å²) in [7, 11) is 0. The molecule has 23 heavy (non-hydrogen) atoms. The molecule has 0 spiro atoms. The van der Waals surface area contributed by atoms with Gasteiger partial charge in [0.05, 0.1) is 23.7 Å². The number of aryl methyl sites for hydroxylation is 1. The van der Waals surface area contributed by atoms with Crippen LogP contribution >= 0.6 is 0 Å². The average Bonchev–Trinajstić information content (AvgIpc) is 2.91. The van der Waals surface area contributed by atoms with E-state index in [1.54, 1.807) is 18.2 Å². The van der Waals surface area contributed by atoms with Crippen LogP contribution in [0.3, 0.4) is 0 Å². The zero-order valence-corrected chi connectivity index (χ0v) is 13.2. The highest BCUT2D eigenvalue weighted by atomic mass is 19.1. The lowest BCUT2D eigenvalue weighted by Crippen LogP contribution is -2.13. The van der Waals surface area contributed by atoms with Gasteiger partial charge in [0, 0.05) is 12.0 Å². The minimum absolute atomic E-state index is 0.306. The summed E-state index contributed by atoms with van der Waals surface area (Å²) < 4.78 is 15.9. The predicted molar refractivity (Wildman–Crippen MR) is 89.7 cm³/mol. The Kier molecular flexibility index (Phi) is 4.72. The van der Waals surface area contributed by atoms with Crippen LogP contribution in [-0.2, 0) is 13.0 Å². The Morgan fingerprint density at radius 3 is 2.65 bits per heavy atom. The first-order chi connectivity index (χ1) is 11.2. The first-order valence-corrected chi connectivity index (χ1v) is 8.07. The lowest BCUT2D eigenvalue weighted by atomic mass is 10.1. The smallest absolute Gasteiger partial charge is 0.129 e. The Hall–Kier alpha value is -2.20. The van der Waals surface area contributed by atoms with Gasteiger partial charge in [-0.3, -0.25) is 0 Å². The molecule has 0 aliphatic rings. The second-order valence-corrected chi connectivity index (χ2v) is 5.77. The Morgan fingerprint density at radius 2 is 1.87 bits per heavy atom. The lowest BCUT2D eigenvalue weighted by molar-refractivity contribution is 0.152. The molecular formula is C19H21FN2O. The molecule has 1 aromatic heterocycles. The van der Waals surface area contributed by atoms with E-state index in [2.05, 4.69) is 11.9 Å². The molecular weight excluding hydrogens is 291 g/mol. The Bertz CT molecular complexity index is 797. The minimum atomic E-state index is -0.894. The van der Waals surface area contributed by atoms with Gasteiger partial charge < -0.3 is 9.67 Å². The number of para-hydroxylation sites is 2. The summed E-state index contributed by atoms with van der Waals surface area (Å²) in [5.41, 5.74) is 2.22. The normalized spacial score (nSPS) is 12.7. The number of rotatable bonds is 6. The summed E-state index contributed by atoms with van der Waals surface area (Å²) >= 11 is 0. The van der Waals surface area contributed by atoms with E-state index in [0.717, 1.165) is 36.1 Å². The first-order valence-electron chi connectivity index (χ1n) is 8.07. The number of unbranched alkanes of at least 4 members (excludes halogenated alkanes) is 1. The number of hydrogen-bond acceptors (Lipinski definition) is 2. The van der Waals surface area contributed by atoms with E-state index >= 15 is 0 Å². The van der Waals surface area contributed by atoms with Crippen LogP contribution in [0.2, 0.25) is 0 Å². The molecule has 0 unspecified atom stereocenters. The number of aromatic nitrogens is 2. The van der Waals surface area contributed by atoms with Gasteiger partial charge in [-0.1, -0.05) is 43.7 Å². The lowest BCUT2D eigenvalue weighted by Gasteiger charge is -2.15. The summed E-state index contributed by atoms with van der Waals surface area (Å²) in [6.07, 6.45) is 2.09. The zero-order valence-electron chi connectivity index (χ0n) is 13.2. The molecule has 1 atom stereocenters. The van der Waals surface area contributed by atoms with Crippen LogP contribution in [0.5, 0.6) is 0 Å². The molecule has 1 heterocycles. The van der Waals surface area contributed by atoms with Crippen LogP contribution < -0.4 is 0 Å². The molecule has 0 aliphatic carbocycles. The summed E-state index contributed by atoms with van der Waals surface area (Å²) in [5, 5.41) is 10.5. The van der Waals surface area contributed by atoms with Gasteiger partial charge in [0.15, 0.2) is 0 Å². The van der Waals surface area contributed by atoms with Crippen molar-refractivity contribution in [3.63, 3.8) is 0 Å². The monoisotopic (exact) mass is 312 g/mol. The van der Waals surface area contributed by atoms with Gasteiger partial charge >= 0.3 is 0 Å². The maximum absolute atomic E-state index is 13.9. The highest BCUT2D eigenvalue weighted by Crippen LogP contribution is 2.23. The second kappa shape index (κ2) is 6.92. The number of fused-ring (bicyclic) bond motifs is 1. The van der Waals surface area contributed by atoms with E-state index in [4.69, 9.17) is 0 Å². The number of imidazole rings is 1. The molecule has 0 bridgehead atoms. The fourth-order valence-electron chi connectivity index (χ4n) is 2.87. The Morgan fingerprint density at radius 1 is 1.13 bits per heavy atom. The van der Waals surface area contributed by atoms with Crippen molar-refractivity contribution in [1.82, 2.24) is 9.55 Å². The summed E-state index contributed by atoms with van der Waals surface area (Å²) in [4.78, 5) is 4.68. The minimum Gasteiger partial charge on any atom is -0.386 e. The van der Waals surface area contributed by atoms with Crippen LogP contribution in [0, 0.1) is 5.82 Å². The number of nitrogens with zero attached hydrogens (tertiary/aromatic N) is 2. The van der Waals surface area contributed by atoms with Crippen LogP contribution in [0.15, 0.2) is 48.5 Å². The van der Waals surface area contributed by atoms with Crippen LogP contribution in [0.25, 0.3) is 11.0 Å². The van der Waals surface area contributed by atoms with Gasteiger partial charge in [0.25, 0.3) is 0 Å². The number of hydrogen-bond donors (Lipinski definition) is 1. The fraction of sp³-hybridized carbons (Fsp3) is 0.316. The van der Waals surface area contributed by atoms with Gasteiger partial charge in [-0.15, -0.1) is 0 Å². The fourth-order valence-corrected chi connectivity index (χ4v) is 2.87. The van der Waals surface area contributed by atoms with Gasteiger partial charge in [-0.05, 0) is 24.6 Å². The summed E-state index contributed by atoms with van der Waals surface area (Å²) in [6, 6.07) is 14.3. The third-order valence-electron chi connectivity index (χ3n) is 4.11. The molecule has 0 radical (unpaired) electrons. The molecule has 120 valence electrons. The van der Waals surface area contributed by atoms with Crippen LogP contribution in [0.4, 0.5) is 4.39 Å². The zero-order chi connectivity index (χ0) is 16.2. The maximum atomic E-state index is 13.9. The number of halogens is 1. The molecule has 0 saturated heterocycles. The van der Waals surface area contributed by atoms with Gasteiger partial charge in [-0.25, -0.2) is 9.37 Å². The third kappa shape index (κ3) is 3.27. The van der Waals surface area contributed by atoms with Crippen molar-refractivity contribution in [2.75, 3.05) is 0 Å². The third-order valence-corrected chi connectivity index (χ3v) is 4.11. The van der Waals surface area contributed by atoms with Gasteiger partial charge in [0.1, 0.15) is 11.6 Å². The molecule has 3 aromatic rings. The molecule has 0 fully saturated rings. The summed E-state index contributed by atoms with van der Waals surface area (Å²) in [6.45, 7) is 2.45. The van der Waals surface area contributed by atoms with Gasteiger partial charge in [-0.2, -0.15) is 0 Å². The topological polar surface area (TPSA) is 38.0 Å². The van der Waals surface area contributed by atoms with Crippen molar-refractivity contribution < 1.29 is 9.50 Å². The van der Waals surface area contributed by atoms with Gasteiger partial charge in [0.2, 0.25) is 0 Å². The van der Waals surface area contributed by atoms with E-state index in [9.17, 15) is 9.50 Å². The molecule has 0 amide bonds. The predicted octanol–water partition coefficient (Wildman–Crippen LogP) is 4.25. The standard InChI is InChI=1S/C19H21FN2O/c1-2-3-12-19-21-16-10-6-7-11-17(16)22(19)13-18(23)14-8-4-5-9-15(14)20/h4-11,18,23H,2-3,12-13H2,1H3/t18-/m1/s1. The van der Waals surface area contributed by atoms with E-state index in [1.807, 2.05) is 28.8 Å². The molecule has 1 N–H and O–H groups in total. The molecule has 2 aromatic carbocycles. The van der Waals surface area contributed by atoms with Crippen molar-refractivity contribution >= 4 is 11.0 Å². The largest absolute Gasteiger partial charge is 0.386 e.